The van der Waals surface area contributed by atoms with Gasteiger partial charge in [-0.2, -0.15) is 0 Å². The molecule has 56 heavy (non-hydrogen) atoms. The first kappa shape index (κ1) is 48.4. The molecule has 4 rings (SSSR count). The summed E-state index contributed by atoms with van der Waals surface area (Å²) in [6.45, 7) is 21.0. The summed E-state index contributed by atoms with van der Waals surface area (Å²) >= 11 is 0. The Labute approximate surface area is 347 Å². The third-order valence-electron chi connectivity index (χ3n) is 16.3. The van der Waals surface area contributed by atoms with Crippen LogP contribution in [-0.4, -0.2) is 82.3 Å². The average molecular weight is 789 g/mol. The van der Waals surface area contributed by atoms with Gasteiger partial charge >= 0.3 is 0 Å². The quantitative estimate of drug-likeness (QED) is 0.0600. The van der Waals surface area contributed by atoms with Gasteiger partial charge in [0.15, 0.2) is 0 Å². The number of unbranched alkanes of at least 4 members (excludes halogenated alkanes) is 10. The Balaban J connectivity index is 1.47. The van der Waals surface area contributed by atoms with Crippen molar-refractivity contribution in [2.75, 3.05) is 59.1 Å². The maximum absolute atomic E-state index is 7.13. The first-order valence-corrected chi connectivity index (χ1v) is 25.0. The molecule has 0 amide bonds. The van der Waals surface area contributed by atoms with Crippen LogP contribution in [-0.2, 0) is 14.2 Å². The predicted octanol–water partition coefficient (Wildman–Crippen LogP) is 10.5. The van der Waals surface area contributed by atoms with Gasteiger partial charge in [-0.05, 0) is 170 Å². The molecule has 0 aliphatic heterocycles. The molecule has 4 fully saturated rings. The lowest BCUT2D eigenvalue weighted by atomic mass is 9.43. The Morgan fingerprint density at radius 3 is 1.80 bits per heavy atom. The van der Waals surface area contributed by atoms with Gasteiger partial charge in [-0.1, -0.05) is 98.8 Å². The first-order valence-electron chi connectivity index (χ1n) is 25.0. The molecule has 0 spiro atoms. The van der Waals surface area contributed by atoms with Crippen molar-refractivity contribution in [1.82, 2.24) is 4.90 Å². The normalized spacial score (nSPS) is 33.4. The highest BCUT2D eigenvalue weighted by Gasteiger charge is 2.66. The lowest BCUT2D eigenvalue weighted by molar-refractivity contribution is -0.227. The Morgan fingerprint density at radius 1 is 0.607 bits per heavy atom. The van der Waals surface area contributed by atoms with Crippen molar-refractivity contribution in [1.29, 1.82) is 0 Å². The van der Waals surface area contributed by atoms with Gasteiger partial charge in [-0.25, -0.2) is 0 Å². The van der Waals surface area contributed by atoms with E-state index in [1.807, 2.05) is 0 Å². The van der Waals surface area contributed by atoms with Crippen LogP contribution in [0.2, 0.25) is 0 Å². The minimum atomic E-state index is 0.174. The van der Waals surface area contributed by atoms with E-state index < -0.39 is 0 Å². The molecule has 4 saturated carbocycles. The number of nitrogens with zero attached hydrogens (tertiary/aromatic N) is 1. The summed E-state index contributed by atoms with van der Waals surface area (Å²) in [5.41, 5.74) is 18.4. The number of hydrogen-bond donors (Lipinski definition) is 3. The number of hydrogen-bond acceptors (Lipinski definition) is 7. The fourth-order valence-corrected chi connectivity index (χ4v) is 13.0. The van der Waals surface area contributed by atoms with Gasteiger partial charge in [0.1, 0.15) is 0 Å². The largest absolute Gasteiger partial charge is 0.378 e. The van der Waals surface area contributed by atoms with E-state index in [0.29, 0.717) is 78.9 Å². The zero-order valence-electron chi connectivity index (χ0n) is 37.9. The second-order valence-corrected chi connectivity index (χ2v) is 20.0. The van der Waals surface area contributed by atoms with E-state index in [4.69, 9.17) is 31.4 Å². The van der Waals surface area contributed by atoms with Gasteiger partial charge in [0.05, 0.1) is 18.3 Å². The van der Waals surface area contributed by atoms with Gasteiger partial charge in [0, 0.05) is 25.2 Å². The topological polar surface area (TPSA) is 109 Å². The second-order valence-electron chi connectivity index (χ2n) is 20.0. The van der Waals surface area contributed by atoms with Crippen LogP contribution in [0.1, 0.15) is 189 Å². The van der Waals surface area contributed by atoms with Gasteiger partial charge in [0.25, 0.3) is 0 Å². The molecule has 7 nitrogen and oxygen atoms in total. The van der Waals surface area contributed by atoms with E-state index in [2.05, 4.69) is 39.5 Å². The van der Waals surface area contributed by atoms with Gasteiger partial charge < -0.3 is 36.3 Å². The van der Waals surface area contributed by atoms with E-state index in [0.717, 1.165) is 45.5 Å². The van der Waals surface area contributed by atoms with Gasteiger partial charge in [-0.15, -0.1) is 0 Å². The third-order valence-corrected chi connectivity index (χ3v) is 16.3. The van der Waals surface area contributed by atoms with Crippen LogP contribution in [0.25, 0.3) is 0 Å². The monoisotopic (exact) mass is 789 g/mol. The first-order chi connectivity index (χ1) is 27.3. The molecule has 0 aromatic heterocycles. The number of ether oxygens (including phenoxy) is 3. The minimum Gasteiger partial charge on any atom is -0.378 e. The standard InChI is InChI=1S/C49H96N4O3/c1-6-8-10-12-14-16-30-53(31-17-15-13-11-9-7-2)32-18-22-39(3)42-23-24-43-47-44(38-46(49(42,43)5)56-35-21-29-52)48(4)26-25-41(54-33-19-27-50)36-40(48)37-45(47)55-34-20-28-51/h39-47H,6-38,50-52H2,1-5H3/t39-,40?,41-,42-,43+,44+,45-,46+,47?,48?,49?/m1/s1. The van der Waals surface area contributed by atoms with Crippen molar-refractivity contribution in [2.24, 2.45) is 63.5 Å². The summed E-state index contributed by atoms with van der Waals surface area (Å²) < 4.78 is 20.6. The smallest absolute Gasteiger partial charge is 0.0637 e. The molecule has 0 aromatic rings. The molecule has 330 valence electrons. The molecule has 0 bridgehead atoms. The highest BCUT2D eigenvalue weighted by atomic mass is 16.5. The van der Waals surface area contributed by atoms with Crippen molar-refractivity contribution in [3.8, 4) is 0 Å². The zero-order chi connectivity index (χ0) is 40.2. The van der Waals surface area contributed by atoms with E-state index in [1.165, 1.54) is 148 Å². The van der Waals surface area contributed by atoms with Crippen LogP contribution in [0.5, 0.6) is 0 Å². The van der Waals surface area contributed by atoms with Crippen LogP contribution in [0.4, 0.5) is 0 Å². The molecule has 6 N–H and O–H groups in total. The number of nitrogens with two attached hydrogens (primary N) is 3. The van der Waals surface area contributed by atoms with E-state index in [9.17, 15) is 0 Å². The van der Waals surface area contributed by atoms with Gasteiger partial charge in [0.2, 0.25) is 0 Å². The fourth-order valence-electron chi connectivity index (χ4n) is 13.0. The maximum Gasteiger partial charge on any atom is 0.0637 e. The summed E-state index contributed by atoms with van der Waals surface area (Å²) in [4.78, 5) is 2.86. The zero-order valence-corrected chi connectivity index (χ0v) is 37.9. The highest BCUT2D eigenvalue weighted by Crippen LogP contribution is 2.69. The molecule has 0 aromatic carbocycles. The Hall–Kier alpha value is -0.280. The maximum atomic E-state index is 7.13. The molecule has 0 heterocycles. The fraction of sp³-hybridized carbons (Fsp3) is 1.00. The molecule has 7 heteroatoms. The molecule has 0 radical (unpaired) electrons. The molecule has 11 atom stereocenters. The summed E-state index contributed by atoms with van der Waals surface area (Å²) in [5.74, 6) is 3.91. The minimum absolute atomic E-state index is 0.174. The van der Waals surface area contributed by atoms with Crippen LogP contribution in [0.3, 0.4) is 0 Å². The van der Waals surface area contributed by atoms with Crippen molar-refractivity contribution >= 4 is 0 Å². The van der Waals surface area contributed by atoms with Crippen molar-refractivity contribution < 1.29 is 14.2 Å². The van der Waals surface area contributed by atoms with Crippen LogP contribution in [0.15, 0.2) is 0 Å². The SMILES string of the molecule is CCCCCCCCN(CCCCCCCC)CCC[C@@H](C)[C@H]1CC[C@H]2C3[C@H](OCCCN)CC4C[C@H](OCCCN)CCC4(C)[C@H]3C[C@H](OCCCN)C12C. The molecule has 4 aliphatic carbocycles. The van der Waals surface area contributed by atoms with E-state index in [1.54, 1.807) is 0 Å². The van der Waals surface area contributed by atoms with Crippen LogP contribution in [0, 0.1) is 46.3 Å². The Kier molecular flexibility index (Phi) is 22.6. The molecule has 4 aliphatic rings. The lowest BCUT2D eigenvalue weighted by Crippen LogP contribution is -2.63. The number of rotatable bonds is 31. The third kappa shape index (κ3) is 13.4. The summed E-state index contributed by atoms with van der Waals surface area (Å²) in [5, 5.41) is 0. The second kappa shape index (κ2) is 26.1. The molecule has 0 saturated heterocycles. The highest BCUT2D eigenvalue weighted by molar-refractivity contribution is 5.15. The van der Waals surface area contributed by atoms with Crippen LogP contribution >= 0.6 is 0 Å². The summed E-state index contributed by atoms with van der Waals surface area (Å²) in [6.07, 6.45) is 31.8. The predicted molar refractivity (Wildman–Crippen MR) is 238 cm³/mol. The van der Waals surface area contributed by atoms with E-state index in [-0.39, 0.29) is 5.41 Å². The lowest BCUT2D eigenvalue weighted by Gasteiger charge is -2.65. The molecular formula is C49H96N4O3. The van der Waals surface area contributed by atoms with Gasteiger partial charge in [-0.3, -0.25) is 0 Å². The van der Waals surface area contributed by atoms with Crippen molar-refractivity contribution in [2.45, 2.75) is 207 Å². The molecular weight excluding hydrogens is 693 g/mol. The summed E-state index contributed by atoms with van der Waals surface area (Å²) in [6, 6.07) is 0. The van der Waals surface area contributed by atoms with Crippen molar-refractivity contribution in [3.05, 3.63) is 0 Å². The van der Waals surface area contributed by atoms with Crippen LogP contribution < -0.4 is 17.2 Å². The number of fused-ring (bicyclic) bond motifs is 5. The Bertz CT molecular complexity index is 1000. The van der Waals surface area contributed by atoms with E-state index >= 15 is 0 Å². The van der Waals surface area contributed by atoms with Crippen molar-refractivity contribution in [3.63, 3.8) is 0 Å². The molecule has 4 unspecified atom stereocenters. The summed E-state index contributed by atoms with van der Waals surface area (Å²) in [7, 11) is 0. The average Bonchev–Trinajstić information content (AvgIpc) is 3.56. The Morgan fingerprint density at radius 2 is 1.18 bits per heavy atom.